The first-order chi connectivity index (χ1) is 13.1. The monoisotopic (exact) mass is 373 g/mol. The van der Waals surface area contributed by atoms with Gasteiger partial charge in [-0.15, -0.1) is 0 Å². The van der Waals surface area contributed by atoms with Gasteiger partial charge < -0.3 is 19.7 Å². The van der Waals surface area contributed by atoms with Gasteiger partial charge in [-0.05, 0) is 36.4 Å². The molecule has 1 fully saturated rings. The van der Waals surface area contributed by atoms with Crippen LogP contribution in [0.3, 0.4) is 0 Å². The fourth-order valence-electron chi connectivity index (χ4n) is 3.11. The van der Waals surface area contributed by atoms with Gasteiger partial charge >= 0.3 is 0 Å². The quantitative estimate of drug-likeness (QED) is 0.844. The number of hydrogen-bond donors (Lipinski definition) is 1. The van der Waals surface area contributed by atoms with Crippen LogP contribution < -0.4 is 19.7 Å². The fraction of sp³-hybridized carbons (Fsp3) is 0.350. The predicted molar refractivity (Wildman–Crippen MR) is 103 cm³/mol. The third-order valence-corrected chi connectivity index (χ3v) is 4.61. The van der Waals surface area contributed by atoms with Gasteiger partial charge in [0.05, 0.1) is 26.5 Å². The summed E-state index contributed by atoms with van der Waals surface area (Å²) < 4.78 is 23.5. The molecule has 1 N–H and O–H groups in total. The third-order valence-electron chi connectivity index (χ3n) is 4.61. The number of hydrogen-bond acceptors (Lipinski definition) is 5. The number of rotatable bonds is 6. The van der Waals surface area contributed by atoms with E-state index >= 15 is 0 Å². The Morgan fingerprint density at radius 3 is 2.37 bits per heavy atom. The molecule has 1 heterocycles. The summed E-state index contributed by atoms with van der Waals surface area (Å²) in [5.74, 6) is 0.905. The summed E-state index contributed by atoms with van der Waals surface area (Å²) in [7, 11) is 3.14. The second-order valence-corrected chi connectivity index (χ2v) is 6.35. The summed E-state index contributed by atoms with van der Waals surface area (Å²) in [4.78, 5) is 16.7. The maximum Gasteiger partial charge on any atom is 0.238 e. The predicted octanol–water partition coefficient (Wildman–Crippen LogP) is 2.60. The van der Waals surface area contributed by atoms with E-state index in [0.29, 0.717) is 23.7 Å². The Bertz CT molecular complexity index is 775. The Hall–Kier alpha value is -2.80. The number of nitrogens with one attached hydrogen (secondary N) is 1. The fourth-order valence-corrected chi connectivity index (χ4v) is 3.11. The van der Waals surface area contributed by atoms with Crippen LogP contribution in [0, 0.1) is 5.82 Å². The molecule has 2 aromatic rings. The molecule has 0 aliphatic carbocycles. The van der Waals surface area contributed by atoms with Crippen LogP contribution in [-0.2, 0) is 4.79 Å². The van der Waals surface area contributed by atoms with E-state index in [2.05, 4.69) is 15.1 Å². The number of benzene rings is 2. The Morgan fingerprint density at radius 2 is 1.74 bits per heavy atom. The molecule has 2 aromatic carbocycles. The topological polar surface area (TPSA) is 54.0 Å². The Balaban J connectivity index is 1.51. The molecule has 0 bridgehead atoms. The molecule has 0 spiro atoms. The van der Waals surface area contributed by atoms with E-state index in [0.717, 1.165) is 31.9 Å². The average Bonchev–Trinajstić information content (AvgIpc) is 2.69. The zero-order valence-corrected chi connectivity index (χ0v) is 15.6. The summed E-state index contributed by atoms with van der Waals surface area (Å²) in [5.41, 5.74) is 1.62. The van der Waals surface area contributed by atoms with Crippen LogP contribution in [0.25, 0.3) is 0 Å². The molecule has 1 aliphatic heterocycles. The molecular weight excluding hydrogens is 349 g/mol. The number of ether oxygens (including phenoxy) is 2. The first-order valence-corrected chi connectivity index (χ1v) is 8.84. The lowest BCUT2D eigenvalue weighted by atomic mass is 10.2. The van der Waals surface area contributed by atoms with Crippen molar-refractivity contribution >= 4 is 17.3 Å². The first kappa shape index (κ1) is 19.0. The maximum atomic E-state index is 13.0. The van der Waals surface area contributed by atoms with E-state index in [1.54, 1.807) is 44.6 Å². The number of carbonyl (C=O) groups excluding carboxylic acids is 1. The zero-order valence-electron chi connectivity index (χ0n) is 15.6. The third kappa shape index (κ3) is 4.89. The SMILES string of the molecule is COc1ccc(NC(=O)CN2CCN(c3ccc(F)cc3)CC2)c(OC)c1. The van der Waals surface area contributed by atoms with Gasteiger partial charge in [-0.3, -0.25) is 9.69 Å². The van der Waals surface area contributed by atoms with Crippen molar-refractivity contribution in [3.05, 3.63) is 48.3 Å². The van der Waals surface area contributed by atoms with Crippen LogP contribution in [0.1, 0.15) is 0 Å². The van der Waals surface area contributed by atoms with Crippen LogP contribution in [0.5, 0.6) is 11.5 Å². The van der Waals surface area contributed by atoms with Crippen molar-refractivity contribution in [1.82, 2.24) is 4.90 Å². The summed E-state index contributed by atoms with van der Waals surface area (Å²) in [6.45, 7) is 3.44. The van der Waals surface area contributed by atoms with Crippen molar-refractivity contribution in [2.45, 2.75) is 0 Å². The van der Waals surface area contributed by atoms with Crippen LogP contribution >= 0.6 is 0 Å². The van der Waals surface area contributed by atoms with Crippen molar-refractivity contribution < 1.29 is 18.7 Å². The first-order valence-electron chi connectivity index (χ1n) is 8.84. The smallest absolute Gasteiger partial charge is 0.238 e. The molecular formula is C20H24FN3O3. The van der Waals surface area contributed by atoms with E-state index in [1.165, 1.54) is 12.1 Å². The minimum absolute atomic E-state index is 0.0892. The lowest BCUT2D eigenvalue weighted by Gasteiger charge is -2.35. The lowest BCUT2D eigenvalue weighted by Crippen LogP contribution is -2.48. The summed E-state index contributed by atoms with van der Waals surface area (Å²) in [6.07, 6.45) is 0. The number of nitrogens with zero attached hydrogens (tertiary/aromatic N) is 2. The molecule has 3 rings (SSSR count). The van der Waals surface area contributed by atoms with Crippen molar-refractivity contribution in [3.8, 4) is 11.5 Å². The van der Waals surface area contributed by atoms with Crippen molar-refractivity contribution in [3.63, 3.8) is 0 Å². The molecule has 6 nitrogen and oxygen atoms in total. The van der Waals surface area contributed by atoms with Crippen LogP contribution in [0.2, 0.25) is 0 Å². The highest BCUT2D eigenvalue weighted by Crippen LogP contribution is 2.29. The molecule has 0 unspecified atom stereocenters. The molecule has 144 valence electrons. The van der Waals surface area contributed by atoms with Gasteiger partial charge in [0.25, 0.3) is 0 Å². The molecule has 1 aliphatic rings. The van der Waals surface area contributed by atoms with Gasteiger partial charge in [0.1, 0.15) is 17.3 Å². The van der Waals surface area contributed by atoms with Gasteiger partial charge in [0, 0.05) is 37.9 Å². The highest BCUT2D eigenvalue weighted by Gasteiger charge is 2.20. The second kappa shape index (κ2) is 8.73. The van der Waals surface area contributed by atoms with Crippen LogP contribution in [-0.4, -0.2) is 57.8 Å². The number of methoxy groups -OCH3 is 2. The zero-order chi connectivity index (χ0) is 19.2. The van der Waals surface area contributed by atoms with Crippen molar-refractivity contribution in [2.24, 2.45) is 0 Å². The molecule has 0 radical (unpaired) electrons. The number of piperazine rings is 1. The number of anilines is 2. The van der Waals surface area contributed by atoms with Gasteiger partial charge in [0.2, 0.25) is 5.91 Å². The number of carbonyl (C=O) groups is 1. The second-order valence-electron chi connectivity index (χ2n) is 6.35. The lowest BCUT2D eigenvalue weighted by molar-refractivity contribution is -0.117. The molecule has 1 saturated heterocycles. The van der Waals surface area contributed by atoms with Crippen molar-refractivity contribution in [2.75, 3.05) is 57.2 Å². The maximum absolute atomic E-state index is 13.0. The molecule has 0 aromatic heterocycles. The largest absolute Gasteiger partial charge is 0.497 e. The summed E-state index contributed by atoms with van der Waals surface area (Å²) in [5, 5.41) is 2.89. The van der Waals surface area contributed by atoms with E-state index < -0.39 is 0 Å². The van der Waals surface area contributed by atoms with Gasteiger partial charge in [-0.2, -0.15) is 0 Å². The van der Waals surface area contributed by atoms with Crippen LogP contribution in [0.4, 0.5) is 15.8 Å². The van der Waals surface area contributed by atoms with E-state index in [1.807, 2.05) is 0 Å². The molecule has 7 heteroatoms. The molecule has 0 atom stereocenters. The van der Waals surface area contributed by atoms with Gasteiger partial charge in [0.15, 0.2) is 0 Å². The standard InChI is InChI=1S/C20H24FN3O3/c1-26-17-7-8-18(19(13-17)27-2)22-20(25)14-23-9-11-24(12-10-23)16-5-3-15(21)4-6-16/h3-8,13H,9-12,14H2,1-2H3,(H,22,25). The number of halogens is 1. The van der Waals surface area contributed by atoms with E-state index in [-0.39, 0.29) is 11.7 Å². The number of amides is 1. The molecule has 27 heavy (non-hydrogen) atoms. The van der Waals surface area contributed by atoms with Gasteiger partial charge in [-0.1, -0.05) is 0 Å². The highest BCUT2D eigenvalue weighted by molar-refractivity contribution is 5.93. The summed E-state index contributed by atoms with van der Waals surface area (Å²) in [6, 6.07) is 11.8. The molecule has 1 amide bonds. The minimum Gasteiger partial charge on any atom is -0.497 e. The van der Waals surface area contributed by atoms with Crippen LogP contribution in [0.15, 0.2) is 42.5 Å². The Labute approximate surface area is 158 Å². The van der Waals surface area contributed by atoms with Gasteiger partial charge in [-0.25, -0.2) is 4.39 Å². The molecule has 0 saturated carbocycles. The summed E-state index contributed by atoms with van der Waals surface area (Å²) >= 11 is 0. The average molecular weight is 373 g/mol. The Kier molecular flexibility index (Phi) is 6.13. The highest BCUT2D eigenvalue weighted by atomic mass is 19.1. The normalized spacial score (nSPS) is 14.7. The Morgan fingerprint density at radius 1 is 1.04 bits per heavy atom. The van der Waals surface area contributed by atoms with E-state index in [9.17, 15) is 9.18 Å². The van der Waals surface area contributed by atoms with E-state index in [4.69, 9.17) is 9.47 Å². The minimum atomic E-state index is -0.233. The van der Waals surface area contributed by atoms with Crippen molar-refractivity contribution in [1.29, 1.82) is 0 Å².